The van der Waals surface area contributed by atoms with E-state index in [4.69, 9.17) is 14.2 Å². The highest BCUT2D eigenvalue weighted by Crippen LogP contribution is 2.44. The molecular weight excluding hydrogens is 905 g/mol. The lowest BCUT2D eigenvalue weighted by Crippen LogP contribution is -2.42. The second kappa shape index (κ2) is 22.3. The van der Waals surface area contributed by atoms with Gasteiger partial charge in [-0.15, -0.1) is 22.7 Å². The minimum absolute atomic E-state index is 0.117. The minimum atomic E-state index is -0.479. The van der Waals surface area contributed by atoms with E-state index in [1.165, 1.54) is 37.9 Å². The summed E-state index contributed by atoms with van der Waals surface area (Å²) in [5.41, 5.74) is 9.81. The van der Waals surface area contributed by atoms with E-state index in [1.54, 1.807) is 14.2 Å². The van der Waals surface area contributed by atoms with Crippen LogP contribution in [0.2, 0.25) is 0 Å². The Balaban J connectivity index is 0.000000208. The molecule has 2 saturated heterocycles. The number of carbonyl (C=O) groups excluding carboxylic acids is 3. The van der Waals surface area contributed by atoms with Gasteiger partial charge in [0, 0.05) is 68.2 Å². The second-order valence-electron chi connectivity index (χ2n) is 21.0. The first-order chi connectivity index (χ1) is 32.8. The molecule has 4 aliphatic heterocycles. The summed E-state index contributed by atoms with van der Waals surface area (Å²) < 4.78 is 16.7. The van der Waals surface area contributed by atoms with Gasteiger partial charge in [-0.05, 0) is 185 Å². The van der Waals surface area contributed by atoms with Gasteiger partial charge in [-0.25, -0.2) is 14.8 Å². The molecular formula is C55H78N6O6S2. The SMILES string of the molecule is COc1nc(C)cc(C)c1CN1CCCc2sc([C@H](C)C3CCN(C(=O)OC(C)(C)C)CC3)c(C)c2C1=O.COc1nc(C)cc(C)c1CN1CCCc2sc([C@H](C)C3CCNCC3)c(C)c2C1=O. The van der Waals surface area contributed by atoms with Crippen LogP contribution in [0.25, 0.3) is 0 Å². The summed E-state index contributed by atoms with van der Waals surface area (Å²) in [7, 11) is 3.30. The van der Waals surface area contributed by atoms with Crippen molar-refractivity contribution in [2.45, 2.75) is 158 Å². The fourth-order valence-corrected chi connectivity index (χ4v) is 14.1. The summed E-state index contributed by atoms with van der Waals surface area (Å²) >= 11 is 3.72. The van der Waals surface area contributed by atoms with Gasteiger partial charge in [0.05, 0.1) is 38.4 Å². The number of fused-ring (bicyclic) bond motifs is 2. The van der Waals surface area contributed by atoms with E-state index in [0.29, 0.717) is 61.6 Å². The van der Waals surface area contributed by atoms with Gasteiger partial charge in [0.1, 0.15) is 5.60 Å². The summed E-state index contributed by atoms with van der Waals surface area (Å²) in [4.78, 5) is 60.3. The monoisotopic (exact) mass is 983 g/mol. The van der Waals surface area contributed by atoms with Crippen molar-refractivity contribution in [3.8, 4) is 11.8 Å². The Morgan fingerprint density at radius 1 is 0.696 bits per heavy atom. The van der Waals surface area contributed by atoms with Crippen LogP contribution in [0.15, 0.2) is 12.1 Å². The molecule has 69 heavy (non-hydrogen) atoms. The Hall–Kier alpha value is -4.53. The number of nitrogens with one attached hydrogen (secondary N) is 1. The number of methoxy groups -OCH3 is 2. The van der Waals surface area contributed by atoms with Gasteiger partial charge in [-0.1, -0.05) is 13.8 Å². The lowest BCUT2D eigenvalue weighted by atomic mass is 9.83. The molecule has 3 amide bonds. The Kier molecular flexibility index (Phi) is 16.9. The summed E-state index contributed by atoms with van der Waals surface area (Å²) in [5, 5.41) is 3.47. The highest BCUT2D eigenvalue weighted by molar-refractivity contribution is 7.13. The predicted molar refractivity (Wildman–Crippen MR) is 278 cm³/mol. The van der Waals surface area contributed by atoms with E-state index in [-0.39, 0.29) is 17.9 Å². The number of nitrogens with zero attached hydrogens (tertiary/aromatic N) is 5. The molecule has 0 radical (unpaired) electrons. The third kappa shape index (κ3) is 11.8. The molecule has 12 nitrogen and oxygen atoms in total. The molecule has 8 rings (SSSR count). The maximum atomic E-state index is 13.9. The summed E-state index contributed by atoms with van der Waals surface area (Å²) in [5.74, 6) is 3.58. The van der Waals surface area contributed by atoms with E-state index in [9.17, 15) is 14.4 Å². The third-order valence-corrected chi connectivity index (χ3v) is 18.1. The standard InChI is InChI=1S/C30H43N3O4S.C25H35N3O2S/c1-18-16-19(2)31-27(36-8)23(18)17-33-13-9-10-24-25(28(33)34)21(4)26(38-24)20(3)22-11-14-32(15-12-22)29(35)37-30(5,6)7;1-15-13-16(2)27-24(30-5)20(15)14-28-12-6-7-21-22(25(28)29)18(4)23(31-21)17(3)19-8-10-26-11-9-19/h16,20,22H,9-15,17H2,1-8H3;13,17,19,26H,6-12,14H2,1-5H3/t20-;17-/m11/s1. The zero-order chi connectivity index (χ0) is 49.9. The summed E-state index contributed by atoms with van der Waals surface area (Å²) in [6.07, 6.45) is 7.99. The van der Waals surface area contributed by atoms with Crippen molar-refractivity contribution in [1.29, 1.82) is 0 Å². The maximum Gasteiger partial charge on any atom is 0.410 e. The van der Waals surface area contributed by atoms with Crippen LogP contribution in [-0.4, -0.2) is 102 Å². The summed E-state index contributed by atoms with van der Waals surface area (Å²) in [6.45, 7) is 28.9. The fourth-order valence-electron chi connectivity index (χ4n) is 11.1. The van der Waals surface area contributed by atoms with Gasteiger partial charge in [-0.3, -0.25) is 9.59 Å². The number of aryl methyl sites for hydroxylation is 6. The highest BCUT2D eigenvalue weighted by Gasteiger charge is 2.36. The maximum absolute atomic E-state index is 13.9. The molecule has 2 atom stereocenters. The molecule has 14 heteroatoms. The smallest absolute Gasteiger partial charge is 0.410 e. The van der Waals surface area contributed by atoms with Crippen LogP contribution in [0.1, 0.15) is 170 Å². The van der Waals surface area contributed by atoms with Crippen molar-refractivity contribution >= 4 is 40.6 Å². The molecule has 4 aromatic rings. The molecule has 0 aliphatic carbocycles. The van der Waals surface area contributed by atoms with E-state index < -0.39 is 5.60 Å². The van der Waals surface area contributed by atoms with E-state index in [2.05, 4.69) is 69.0 Å². The van der Waals surface area contributed by atoms with Crippen molar-refractivity contribution in [1.82, 2.24) is 30.0 Å². The lowest BCUT2D eigenvalue weighted by Gasteiger charge is -2.35. The van der Waals surface area contributed by atoms with Crippen LogP contribution in [0.4, 0.5) is 4.79 Å². The molecule has 0 spiro atoms. The number of likely N-dealkylation sites (tertiary alicyclic amines) is 1. The van der Waals surface area contributed by atoms with Crippen LogP contribution in [0.5, 0.6) is 11.8 Å². The van der Waals surface area contributed by atoms with Crippen LogP contribution < -0.4 is 14.8 Å². The first-order valence-corrected chi connectivity index (χ1v) is 27.0. The second-order valence-corrected chi connectivity index (χ2v) is 23.3. The molecule has 4 aromatic heterocycles. The van der Waals surface area contributed by atoms with Crippen molar-refractivity contribution < 1.29 is 28.6 Å². The molecule has 0 unspecified atom stereocenters. The highest BCUT2D eigenvalue weighted by atomic mass is 32.1. The number of hydrogen-bond donors (Lipinski definition) is 1. The van der Waals surface area contributed by atoms with Gasteiger partial charge in [0.15, 0.2) is 0 Å². The van der Waals surface area contributed by atoms with E-state index >= 15 is 0 Å². The topological polar surface area (TPSA) is 126 Å². The average Bonchev–Trinajstić information content (AvgIpc) is 3.70. The quantitative estimate of drug-likeness (QED) is 0.165. The number of amides is 3. The largest absolute Gasteiger partial charge is 0.481 e. The van der Waals surface area contributed by atoms with Crippen LogP contribution in [-0.2, 0) is 30.7 Å². The molecule has 8 heterocycles. The number of rotatable bonds is 10. The van der Waals surface area contributed by atoms with E-state index in [0.717, 1.165) is 115 Å². The van der Waals surface area contributed by atoms with Crippen LogP contribution >= 0.6 is 22.7 Å². The number of hydrogen-bond acceptors (Lipinski definition) is 11. The molecule has 376 valence electrons. The number of aromatic nitrogens is 2. The number of carbonyl (C=O) groups is 3. The summed E-state index contributed by atoms with van der Waals surface area (Å²) in [6, 6.07) is 4.12. The van der Waals surface area contributed by atoms with Crippen molar-refractivity contribution in [2.75, 3.05) is 53.5 Å². The van der Waals surface area contributed by atoms with E-state index in [1.807, 2.05) is 72.0 Å². The number of thiophene rings is 2. The lowest BCUT2D eigenvalue weighted by molar-refractivity contribution is 0.0175. The van der Waals surface area contributed by atoms with Crippen molar-refractivity contribution in [2.24, 2.45) is 11.8 Å². The molecule has 0 bridgehead atoms. The predicted octanol–water partition coefficient (Wildman–Crippen LogP) is 11.2. The first-order valence-electron chi connectivity index (χ1n) is 25.3. The van der Waals surface area contributed by atoms with Gasteiger partial charge < -0.3 is 34.2 Å². The number of pyridine rings is 2. The fraction of sp³-hybridized carbons (Fsp3) is 0.618. The van der Waals surface area contributed by atoms with Crippen molar-refractivity contribution in [3.05, 3.63) is 87.5 Å². The Bertz CT molecular complexity index is 2490. The molecule has 0 saturated carbocycles. The first kappa shape index (κ1) is 52.3. The van der Waals surface area contributed by atoms with Crippen molar-refractivity contribution in [3.63, 3.8) is 0 Å². The molecule has 2 fully saturated rings. The molecule has 4 aliphatic rings. The Morgan fingerprint density at radius 2 is 1.12 bits per heavy atom. The number of ether oxygens (including phenoxy) is 3. The van der Waals surface area contributed by atoms with Gasteiger partial charge in [-0.2, -0.15) is 0 Å². The Labute approximate surface area is 419 Å². The minimum Gasteiger partial charge on any atom is -0.481 e. The van der Waals surface area contributed by atoms with Crippen LogP contribution in [0.3, 0.4) is 0 Å². The van der Waals surface area contributed by atoms with Gasteiger partial charge >= 0.3 is 6.09 Å². The number of piperidine rings is 2. The zero-order valence-electron chi connectivity index (χ0n) is 43.8. The molecule has 1 N–H and O–H groups in total. The molecule has 0 aromatic carbocycles. The van der Waals surface area contributed by atoms with Crippen LogP contribution in [0, 0.1) is 53.4 Å². The zero-order valence-corrected chi connectivity index (χ0v) is 45.4. The normalized spacial score (nSPS) is 18.1. The third-order valence-electron chi connectivity index (χ3n) is 15.0. The average molecular weight is 983 g/mol. The Morgan fingerprint density at radius 3 is 1.52 bits per heavy atom. The van der Waals surface area contributed by atoms with Gasteiger partial charge in [0.2, 0.25) is 11.8 Å². The van der Waals surface area contributed by atoms with Gasteiger partial charge in [0.25, 0.3) is 11.8 Å².